The third kappa shape index (κ3) is 9.06. The van der Waals surface area contributed by atoms with Crippen molar-refractivity contribution in [3.05, 3.63) is 158 Å². The van der Waals surface area contributed by atoms with Crippen LogP contribution < -0.4 is 24.8 Å². The first kappa shape index (κ1) is 41.4. The van der Waals surface area contributed by atoms with Crippen molar-refractivity contribution in [1.82, 2.24) is 0 Å². The van der Waals surface area contributed by atoms with Gasteiger partial charge >= 0.3 is 120 Å². The average molecular weight is 830 g/mol. The molecule has 5 aromatic carbocycles. The Morgan fingerprint density at radius 3 is 1.53 bits per heavy atom. The summed E-state index contributed by atoms with van der Waals surface area (Å²) in [5, 5.41) is 7.06. The van der Waals surface area contributed by atoms with Gasteiger partial charge in [-0.3, -0.25) is 6.08 Å². The molecule has 0 N–H and O–H groups in total. The van der Waals surface area contributed by atoms with Crippen LogP contribution in [0.15, 0.2) is 109 Å². The van der Waals surface area contributed by atoms with E-state index in [1.165, 1.54) is 76.8 Å². The van der Waals surface area contributed by atoms with E-state index < -0.39 is 0 Å². The van der Waals surface area contributed by atoms with E-state index >= 15 is 0 Å². The fourth-order valence-electron chi connectivity index (χ4n) is 6.81. The van der Waals surface area contributed by atoms with Crippen molar-refractivity contribution in [1.29, 1.82) is 0 Å². The van der Waals surface area contributed by atoms with Crippen LogP contribution in [0.1, 0.15) is 88.8 Å². The molecule has 0 fully saturated rings. The summed E-state index contributed by atoms with van der Waals surface area (Å²) in [6.07, 6.45) is 16.9. The maximum atomic E-state index is 5.98. The Morgan fingerprint density at radius 2 is 1.18 bits per heavy atom. The van der Waals surface area contributed by atoms with Crippen molar-refractivity contribution in [2.24, 2.45) is 11.3 Å². The van der Waals surface area contributed by atoms with Crippen molar-refractivity contribution < 1.29 is 49.0 Å². The molecule has 0 spiro atoms. The van der Waals surface area contributed by atoms with Gasteiger partial charge in [0.2, 0.25) is 0 Å². The van der Waals surface area contributed by atoms with Gasteiger partial charge in [-0.1, -0.05) is 114 Å². The second-order valence-electron chi connectivity index (χ2n) is 15.7. The Labute approximate surface area is 342 Å². The van der Waals surface area contributed by atoms with Crippen LogP contribution in [0.5, 0.6) is 0 Å². The number of hydrogen-bond acceptors (Lipinski definition) is 0. The summed E-state index contributed by atoms with van der Waals surface area (Å²) in [6, 6.07) is 27.7. The van der Waals surface area contributed by atoms with Gasteiger partial charge in [0.15, 0.2) is 0 Å². The largest absolute Gasteiger partial charge is 1.00 e. The second-order valence-corrected chi connectivity index (χ2v) is 17.8. The van der Waals surface area contributed by atoms with Gasteiger partial charge < -0.3 is 24.8 Å². The molecule has 0 radical (unpaired) electrons. The predicted octanol–water partition coefficient (Wildman–Crippen LogP) is 7.41. The molecule has 51 heavy (non-hydrogen) atoms. The van der Waals surface area contributed by atoms with Crippen molar-refractivity contribution in [3.8, 4) is 0 Å². The number of benzene rings is 4. The van der Waals surface area contributed by atoms with Crippen molar-refractivity contribution in [2.75, 3.05) is 0 Å². The van der Waals surface area contributed by atoms with E-state index in [1.807, 2.05) is 36.4 Å². The fraction of sp³-hybridized carbons (Fsp3) is 0.261. The Hall–Kier alpha value is -2.38. The van der Waals surface area contributed by atoms with E-state index in [0.29, 0.717) is 11.3 Å². The second kappa shape index (κ2) is 15.9. The minimum absolute atomic E-state index is 0. The molecule has 8 rings (SSSR count). The van der Waals surface area contributed by atoms with Crippen LogP contribution in [-0.2, 0) is 35.1 Å². The van der Waals surface area contributed by atoms with E-state index in [2.05, 4.69) is 140 Å². The fourth-order valence-corrected chi connectivity index (χ4v) is 7.96. The Kier molecular flexibility index (Phi) is 12.9. The molecule has 262 valence electrons. The SMILES string of the molecule is CC1(C)C=Cc2cc3c(cc21)[cH-]c1cc2c(cc13)C=CC2(C)C.CC1[C-]=CC(C(C)(C)C)=C1.Clc1cccc([C](=[Zr+2])c2cccc(Cl)c2)c1.[Cl-].[Cl-]. The van der Waals surface area contributed by atoms with E-state index in [4.69, 9.17) is 23.2 Å². The van der Waals surface area contributed by atoms with Gasteiger partial charge in [0.1, 0.15) is 0 Å². The zero-order valence-corrected chi connectivity index (χ0v) is 36.0. The summed E-state index contributed by atoms with van der Waals surface area (Å²) in [5.74, 6) is 0.522. The van der Waals surface area contributed by atoms with E-state index in [1.54, 1.807) is 0 Å². The number of rotatable bonds is 2. The molecule has 1 unspecified atom stereocenters. The zero-order valence-electron chi connectivity index (χ0n) is 30.6. The first-order valence-electron chi connectivity index (χ1n) is 17.0. The third-order valence-corrected chi connectivity index (χ3v) is 11.7. The molecule has 0 aromatic heterocycles. The molecule has 5 aromatic rings. The summed E-state index contributed by atoms with van der Waals surface area (Å²) in [5.41, 5.74) is 10.0. The predicted molar refractivity (Wildman–Crippen MR) is 212 cm³/mol. The van der Waals surface area contributed by atoms with Gasteiger partial charge in [0.25, 0.3) is 0 Å². The van der Waals surface area contributed by atoms with Crippen LogP contribution in [0.4, 0.5) is 0 Å². The molecule has 0 saturated heterocycles. The molecule has 5 heteroatoms. The maximum Gasteiger partial charge on any atom is -1.00 e. The molecule has 0 nitrogen and oxygen atoms in total. The van der Waals surface area contributed by atoms with Crippen LogP contribution in [0.25, 0.3) is 33.7 Å². The molecule has 0 saturated carbocycles. The summed E-state index contributed by atoms with van der Waals surface area (Å²) >= 11 is 13.3. The first-order valence-corrected chi connectivity index (χ1v) is 19.0. The minimum atomic E-state index is 0. The van der Waals surface area contributed by atoms with Gasteiger partial charge in [-0.25, -0.2) is 6.08 Å². The third-order valence-electron chi connectivity index (χ3n) is 9.82. The van der Waals surface area contributed by atoms with Gasteiger partial charge in [-0.2, -0.15) is 11.6 Å². The maximum absolute atomic E-state index is 5.98. The molecule has 0 heterocycles. The molecular weight excluding hydrogens is 786 g/mol. The molecule has 0 amide bonds. The number of hydrogen-bond donors (Lipinski definition) is 0. The first-order chi connectivity index (χ1) is 23.0. The summed E-state index contributed by atoms with van der Waals surface area (Å²) in [6.45, 7) is 18.0. The van der Waals surface area contributed by atoms with Crippen molar-refractivity contribution in [3.63, 3.8) is 0 Å². The van der Waals surface area contributed by atoms with Crippen molar-refractivity contribution in [2.45, 2.75) is 66.2 Å². The Balaban J connectivity index is 0.000000183. The Bertz CT molecular complexity index is 2080. The van der Waals surface area contributed by atoms with Crippen LogP contribution in [0.2, 0.25) is 10.0 Å². The summed E-state index contributed by atoms with van der Waals surface area (Å²) in [7, 11) is 0. The van der Waals surface area contributed by atoms with Crippen LogP contribution >= 0.6 is 23.2 Å². The topological polar surface area (TPSA) is 0 Å². The molecule has 0 bridgehead atoms. The van der Waals surface area contributed by atoms with E-state index in [9.17, 15) is 0 Å². The van der Waals surface area contributed by atoms with Crippen LogP contribution in [0.3, 0.4) is 0 Å². The molecule has 1 atom stereocenters. The standard InChI is InChI=1S/C23H21.C13H8Cl2.C10H15.2ClH.Zr/c1-22(2)7-5-14-10-18-16(12-20(14)22)9-17-13-21-15(11-19(17)18)6-8-23(21,3)4;14-12-5-1-3-10(8-12)7-11-4-2-6-13(15)9-11;1-8-5-6-9(7-8)10(2,3)4;;;/h5-13H,1-4H3;1-6,8-9H;6-8H,1-4H3;2*1H;/q-1;;-1;;;+2/p-2. The zero-order chi connectivity index (χ0) is 35.3. The van der Waals surface area contributed by atoms with Gasteiger partial charge in [-0.05, 0) is 11.1 Å². The minimum Gasteiger partial charge on any atom is -1.00 e. The van der Waals surface area contributed by atoms with Gasteiger partial charge in [-0.15, -0.1) is 39.7 Å². The smallest absolute Gasteiger partial charge is 1.00 e. The van der Waals surface area contributed by atoms with Crippen molar-refractivity contribution >= 4 is 60.1 Å². The number of fused-ring (bicyclic) bond motifs is 5. The number of halogens is 4. The normalized spacial score (nSPS) is 17.0. The molecular formula is C46H44Cl4Zr-2. The molecule has 0 aliphatic heterocycles. The Morgan fingerprint density at radius 1 is 0.725 bits per heavy atom. The van der Waals surface area contributed by atoms with E-state index in [0.717, 1.165) is 21.2 Å². The van der Waals surface area contributed by atoms with Gasteiger partial charge in [0.05, 0.1) is 0 Å². The monoisotopic (exact) mass is 826 g/mol. The van der Waals surface area contributed by atoms with Crippen LogP contribution in [0, 0.1) is 17.4 Å². The molecule has 3 aliphatic rings. The summed E-state index contributed by atoms with van der Waals surface area (Å²) in [4.78, 5) is 0. The summed E-state index contributed by atoms with van der Waals surface area (Å²) < 4.78 is 1.26. The number of allylic oxidation sites excluding steroid dienone is 6. The molecule has 3 aliphatic carbocycles. The average Bonchev–Trinajstić information content (AvgIpc) is 3.79. The van der Waals surface area contributed by atoms with Crippen LogP contribution in [-0.4, -0.2) is 3.21 Å². The van der Waals surface area contributed by atoms with E-state index in [-0.39, 0.29) is 35.6 Å². The van der Waals surface area contributed by atoms with Gasteiger partial charge in [0, 0.05) is 10.8 Å². The quantitative estimate of drug-likeness (QED) is 0.163.